The molecule has 0 spiro atoms. The SMILES string of the molecule is [O]CCc1cc2ccccc2s1. The summed E-state index contributed by atoms with van der Waals surface area (Å²) in [5.41, 5.74) is 0. The van der Waals surface area contributed by atoms with Gasteiger partial charge in [-0.1, -0.05) is 18.2 Å². The molecule has 0 aliphatic heterocycles. The van der Waals surface area contributed by atoms with Gasteiger partial charge in [-0.25, -0.2) is 5.11 Å². The summed E-state index contributed by atoms with van der Waals surface area (Å²) in [7, 11) is 0. The van der Waals surface area contributed by atoms with E-state index in [1.165, 1.54) is 15.0 Å². The van der Waals surface area contributed by atoms with E-state index in [0.717, 1.165) is 0 Å². The second-order valence-electron chi connectivity index (χ2n) is 2.70. The van der Waals surface area contributed by atoms with E-state index >= 15 is 0 Å². The Labute approximate surface area is 75.3 Å². The van der Waals surface area contributed by atoms with Crippen molar-refractivity contribution in [2.24, 2.45) is 0 Å². The molecule has 0 saturated heterocycles. The Morgan fingerprint density at radius 1 is 1.25 bits per heavy atom. The molecule has 0 fully saturated rings. The highest BCUT2D eigenvalue weighted by molar-refractivity contribution is 7.19. The van der Waals surface area contributed by atoms with Crippen molar-refractivity contribution < 1.29 is 5.11 Å². The van der Waals surface area contributed by atoms with Crippen molar-refractivity contribution in [2.75, 3.05) is 6.61 Å². The van der Waals surface area contributed by atoms with E-state index < -0.39 is 0 Å². The van der Waals surface area contributed by atoms with Crippen LogP contribution in [0.2, 0.25) is 0 Å². The molecule has 0 aliphatic rings. The molecule has 2 rings (SSSR count). The van der Waals surface area contributed by atoms with Crippen LogP contribution in [0.1, 0.15) is 4.88 Å². The molecule has 0 aliphatic carbocycles. The first-order chi connectivity index (χ1) is 5.90. The largest absolute Gasteiger partial charge is 0.236 e. The maximum Gasteiger partial charge on any atom is 0.0870 e. The molecule has 61 valence electrons. The van der Waals surface area contributed by atoms with Crippen molar-refractivity contribution in [3.8, 4) is 0 Å². The van der Waals surface area contributed by atoms with Gasteiger partial charge in [0.05, 0.1) is 6.61 Å². The molecule has 0 atom stereocenters. The summed E-state index contributed by atoms with van der Waals surface area (Å²) >= 11 is 1.72. The first-order valence-corrected chi connectivity index (χ1v) is 4.77. The molecule has 2 aromatic rings. The quantitative estimate of drug-likeness (QED) is 0.672. The van der Waals surface area contributed by atoms with Crippen LogP contribution in [0.25, 0.3) is 10.1 Å². The Kier molecular flexibility index (Phi) is 2.11. The summed E-state index contributed by atoms with van der Waals surface area (Å²) in [6.45, 7) is -0.00712. The lowest BCUT2D eigenvalue weighted by Gasteiger charge is -1.84. The lowest BCUT2D eigenvalue weighted by molar-refractivity contribution is 0.198. The van der Waals surface area contributed by atoms with Gasteiger partial charge in [0.15, 0.2) is 0 Å². The minimum absolute atomic E-state index is 0.00712. The summed E-state index contributed by atoms with van der Waals surface area (Å²) in [4.78, 5) is 1.20. The Balaban J connectivity index is 2.47. The van der Waals surface area contributed by atoms with Gasteiger partial charge in [-0.15, -0.1) is 11.3 Å². The van der Waals surface area contributed by atoms with Crippen LogP contribution < -0.4 is 0 Å². The van der Waals surface area contributed by atoms with E-state index in [4.69, 9.17) is 0 Å². The number of hydrogen-bond acceptors (Lipinski definition) is 1. The van der Waals surface area contributed by atoms with Gasteiger partial charge < -0.3 is 0 Å². The zero-order valence-corrected chi connectivity index (χ0v) is 7.43. The number of hydrogen-bond donors (Lipinski definition) is 0. The minimum Gasteiger partial charge on any atom is -0.236 e. The van der Waals surface area contributed by atoms with Crippen LogP contribution in [0.15, 0.2) is 30.3 Å². The van der Waals surface area contributed by atoms with Gasteiger partial charge >= 0.3 is 0 Å². The van der Waals surface area contributed by atoms with Crippen LogP contribution >= 0.6 is 11.3 Å². The van der Waals surface area contributed by atoms with E-state index in [-0.39, 0.29) is 6.61 Å². The molecule has 0 N–H and O–H groups in total. The Hall–Kier alpha value is -0.860. The predicted molar refractivity (Wildman–Crippen MR) is 51.1 cm³/mol. The number of benzene rings is 1. The van der Waals surface area contributed by atoms with Gasteiger partial charge in [0.1, 0.15) is 0 Å². The highest BCUT2D eigenvalue weighted by Crippen LogP contribution is 2.25. The smallest absolute Gasteiger partial charge is 0.0870 e. The third-order valence-electron chi connectivity index (χ3n) is 1.83. The first-order valence-electron chi connectivity index (χ1n) is 3.96. The lowest BCUT2D eigenvalue weighted by Crippen LogP contribution is -1.82. The zero-order valence-electron chi connectivity index (χ0n) is 6.62. The zero-order chi connectivity index (χ0) is 8.39. The molecule has 1 nitrogen and oxygen atoms in total. The second-order valence-corrected chi connectivity index (χ2v) is 3.87. The van der Waals surface area contributed by atoms with E-state index in [0.29, 0.717) is 6.42 Å². The van der Waals surface area contributed by atoms with Crippen molar-refractivity contribution in [3.63, 3.8) is 0 Å². The molecule has 12 heavy (non-hydrogen) atoms. The molecule has 0 unspecified atom stereocenters. The Bertz CT molecular complexity index is 345. The molecular weight excluding hydrogens is 168 g/mol. The van der Waals surface area contributed by atoms with E-state index in [2.05, 4.69) is 18.2 Å². The summed E-state index contributed by atoms with van der Waals surface area (Å²) in [5, 5.41) is 11.6. The van der Waals surface area contributed by atoms with E-state index in [1.807, 2.05) is 12.1 Å². The highest BCUT2D eigenvalue weighted by atomic mass is 32.1. The summed E-state index contributed by atoms with van der Waals surface area (Å²) in [6, 6.07) is 10.3. The molecule has 0 saturated carbocycles. The third kappa shape index (κ3) is 1.36. The molecule has 0 bridgehead atoms. The van der Waals surface area contributed by atoms with Crippen molar-refractivity contribution in [2.45, 2.75) is 6.42 Å². The summed E-state index contributed by atoms with van der Waals surface area (Å²) in [5.74, 6) is 0. The fourth-order valence-electron chi connectivity index (χ4n) is 1.26. The molecule has 1 aromatic carbocycles. The Morgan fingerprint density at radius 3 is 2.83 bits per heavy atom. The molecular formula is C10H9OS. The predicted octanol–water partition coefficient (Wildman–Crippen LogP) is 2.87. The Morgan fingerprint density at radius 2 is 2.08 bits per heavy atom. The van der Waals surface area contributed by atoms with Crippen LogP contribution in [0.5, 0.6) is 0 Å². The molecule has 0 amide bonds. The van der Waals surface area contributed by atoms with Crippen LogP contribution in [0.4, 0.5) is 0 Å². The molecule has 1 heterocycles. The molecule has 1 radical (unpaired) electrons. The van der Waals surface area contributed by atoms with E-state index in [9.17, 15) is 5.11 Å². The number of thiophene rings is 1. The van der Waals surface area contributed by atoms with Gasteiger partial charge in [0, 0.05) is 16.0 Å². The number of rotatable bonds is 2. The van der Waals surface area contributed by atoms with Crippen LogP contribution in [0, 0.1) is 0 Å². The van der Waals surface area contributed by atoms with Gasteiger partial charge in [-0.2, -0.15) is 0 Å². The fraction of sp³-hybridized carbons (Fsp3) is 0.200. The first kappa shape index (κ1) is 7.77. The van der Waals surface area contributed by atoms with Crippen LogP contribution in [0.3, 0.4) is 0 Å². The van der Waals surface area contributed by atoms with Crippen molar-refractivity contribution in [3.05, 3.63) is 35.2 Å². The van der Waals surface area contributed by atoms with Crippen molar-refractivity contribution in [1.29, 1.82) is 0 Å². The van der Waals surface area contributed by atoms with Gasteiger partial charge in [0.25, 0.3) is 0 Å². The van der Waals surface area contributed by atoms with Crippen molar-refractivity contribution >= 4 is 21.4 Å². The normalized spacial score (nSPS) is 10.8. The summed E-state index contributed by atoms with van der Waals surface area (Å²) in [6.07, 6.45) is 0.666. The molecule has 2 heteroatoms. The maximum absolute atomic E-state index is 10.4. The monoisotopic (exact) mass is 177 g/mol. The lowest BCUT2D eigenvalue weighted by atomic mass is 10.2. The topological polar surface area (TPSA) is 19.9 Å². The second kappa shape index (κ2) is 3.25. The minimum atomic E-state index is -0.00712. The third-order valence-corrected chi connectivity index (χ3v) is 3.00. The van der Waals surface area contributed by atoms with Crippen LogP contribution in [-0.4, -0.2) is 6.61 Å². The average molecular weight is 177 g/mol. The summed E-state index contributed by atoms with van der Waals surface area (Å²) < 4.78 is 1.28. The van der Waals surface area contributed by atoms with Crippen molar-refractivity contribution in [1.82, 2.24) is 0 Å². The fourth-order valence-corrected chi connectivity index (χ4v) is 2.31. The highest BCUT2D eigenvalue weighted by Gasteiger charge is 1.99. The average Bonchev–Trinajstić information content (AvgIpc) is 2.47. The van der Waals surface area contributed by atoms with Gasteiger partial charge in [-0.05, 0) is 17.5 Å². The molecule has 1 aromatic heterocycles. The van der Waals surface area contributed by atoms with E-state index in [1.54, 1.807) is 11.3 Å². The standard InChI is InChI=1S/C10H9OS/c11-6-5-9-7-8-3-1-2-4-10(8)12-9/h1-4,7H,5-6H2. The van der Waals surface area contributed by atoms with Gasteiger partial charge in [0.2, 0.25) is 0 Å². The number of fused-ring (bicyclic) bond motifs is 1. The van der Waals surface area contributed by atoms with Gasteiger partial charge in [-0.3, -0.25) is 0 Å². The maximum atomic E-state index is 10.4. The van der Waals surface area contributed by atoms with Crippen LogP contribution in [-0.2, 0) is 11.5 Å².